The smallest absolute Gasteiger partial charge is 0.0125 e. The van der Waals surface area contributed by atoms with E-state index in [4.69, 9.17) is 0 Å². The van der Waals surface area contributed by atoms with Crippen LogP contribution in [-0.2, 0) is 24.2 Å². The zero-order valence-electron chi connectivity index (χ0n) is 11.4. The van der Waals surface area contributed by atoms with Crippen LogP contribution in [0.5, 0.6) is 0 Å². The van der Waals surface area contributed by atoms with E-state index >= 15 is 0 Å². The quantitative estimate of drug-likeness (QED) is 0.383. The summed E-state index contributed by atoms with van der Waals surface area (Å²) in [5.41, 5.74) is 1.33. The molecule has 4 heteroatoms. The third-order valence-electron chi connectivity index (χ3n) is 2.34. The molecule has 0 nitrogen and oxygen atoms in total. The molecule has 2 aliphatic rings. The van der Waals surface area contributed by atoms with Crippen LogP contribution >= 0.6 is 10.5 Å². The number of fused-ring (bicyclic) bond motifs is 1. The summed E-state index contributed by atoms with van der Waals surface area (Å²) in [7, 11) is 0.0599. The Hall–Kier alpha value is -0.00688. The minimum Gasteiger partial charge on any atom is -1.00 e. The van der Waals surface area contributed by atoms with Crippen LogP contribution in [0.4, 0.5) is 0 Å². The normalized spacial score (nSPS) is 17.3. The molecule has 3 rings (SSSR count). The van der Waals surface area contributed by atoms with Crippen molar-refractivity contribution in [3.05, 3.63) is 65.1 Å². The minimum absolute atomic E-state index is 0. The maximum absolute atomic E-state index is 3.42. The molecule has 0 amide bonds. The van der Waals surface area contributed by atoms with Gasteiger partial charge in [0.05, 0.1) is 0 Å². The van der Waals surface area contributed by atoms with Crippen molar-refractivity contribution in [1.29, 1.82) is 0 Å². The summed E-state index contributed by atoms with van der Waals surface area (Å²) in [6.45, 7) is 4.25. The Kier molecular flexibility index (Phi) is 9.84. The molecule has 1 aromatic rings. The van der Waals surface area contributed by atoms with E-state index in [2.05, 4.69) is 73.9 Å². The van der Waals surface area contributed by atoms with Crippen molar-refractivity contribution in [3.8, 4) is 0 Å². The van der Waals surface area contributed by atoms with Crippen LogP contribution in [0.1, 0.15) is 13.8 Å². The van der Waals surface area contributed by atoms with Gasteiger partial charge in [-0.1, -0.05) is 47.4 Å². The van der Waals surface area contributed by atoms with E-state index in [0.717, 1.165) is 0 Å². The Morgan fingerprint density at radius 3 is 2.30 bits per heavy atom. The molecule has 20 heavy (non-hydrogen) atoms. The Morgan fingerprint density at radius 1 is 1.10 bits per heavy atom. The second-order valence-electron chi connectivity index (χ2n) is 4.23. The molecule has 0 radical (unpaired) electrons. The molecule has 1 aliphatic heterocycles. The van der Waals surface area contributed by atoms with Gasteiger partial charge in [-0.25, -0.2) is 21.9 Å². The molecule has 1 aliphatic carbocycles. The molecule has 1 heterocycles. The van der Waals surface area contributed by atoms with Crippen LogP contribution in [0.2, 0.25) is 0 Å². The van der Waals surface area contributed by atoms with E-state index in [1.54, 1.807) is 24.2 Å². The Bertz CT molecular complexity index is 580. The van der Waals surface area contributed by atoms with Gasteiger partial charge in [0, 0.05) is 0 Å². The van der Waals surface area contributed by atoms with Crippen LogP contribution < -0.4 is 24.8 Å². The van der Waals surface area contributed by atoms with Gasteiger partial charge in [0.25, 0.3) is 0 Å². The van der Waals surface area contributed by atoms with Gasteiger partial charge in [-0.15, -0.1) is 6.08 Å². The van der Waals surface area contributed by atoms with Crippen LogP contribution in [0.3, 0.4) is 0 Å². The molecule has 0 fully saturated rings. The van der Waals surface area contributed by atoms with Gasteiger partial charge in [-0.2, -0.15) is 5.57 Å². The van der Waals surface area contributed by atoms with Crippen LogP contribution in [0.25, 0.3) is 0 Å². The first-order chi connectivity index (χ1) is 8.68. The molecule has 0 saturated carbocycles. The zero-order valence-corrected chi connectivity index (χ0v) is 16.1. The van der Waals surface area contributed by atoms with E-state index < -0.39 is 0 Å². The first-order valence-corrected chi connectivity index (χ1v) is 8.30. The number of halogens is 2. The summed E-state index contributed by atoms with van der Waals surface area (Å²) in [5, 5.41) is 3.42. The molecule has 0 spiro atoms. The van der Waals surface area contributed by atoms with Crippen molar-refractivity contribution in [2.75, 3.05) is 0 Å². The average molecular weight is 401 g/mol. The third kappa shape index (κ3) is 5.41. The van der Waals surface area contributed by atoms with Crippen LogP contribution in [-0.4, -0.2) is 8.57 Å². The van der Waals surface area contributed by atoms with E-state index in [-0.39, 0.29) is 35.3 Å². The Balaban J connectivity index is 0.000000542. The van der Waals surface area contributed by atoms with Crippen molar-refractivity contribution in [2.45, 2.75) is 18.7 Å². The SMILES string of the molecule is C[C](C)=[Zr+2].[C-]1=S(c2ccccc2)C2=CC=CC2=C1.[Cl-].[Cl-]. The summed E-state index contributed by atoms with van der Waals surface area (Å²) in [4.78, 5) is 2.77. The molecule has 1 unspecified atom stereocenters. The first kappa shape index (κ1) is 20.0. The maximum atomic E-state index is 3.42. The monoisotopic (exact) mass is 399 g/mol. The summed E-state index contributed by atoms with van der Waals surface area (Å²) in [6.07, 6.45) is 8.57. The fourth-order valence-corrected chi connectivity index (χ4v) is 3.43. The molecule has 1 aromatic carbocycles. The van der Waals surface area contributed by atoms with E-state index in [9.17, 15) is 0 Å². The second kappa shape index (κ2) is 9.84. The van der Waals surface area contributed by atoms with Gasteiger partial charge >= 0.3 is 41.3 Å². The standard InChI is InChI=1S/C13H9S.C3H6.2ClH.Zr/c1-2-6-12(7-3-1)14-10-9-11-5-4-8-13(11)14;1-3-2;;;/h1-9H;1-2H3;2*1H;/q-1;;;;+2/p-2. The summed E-state index contributed by atoms with van der Waals surface area (Å²) in [6, 6.07) is 10.6. The number of rotatable bonds is 1. The van der Waals surface area contributed by atoms with Crippen LogP contribution in [0, 0.1) is 0 Å². The Labute approximate surface area is 151 Å². The van der Waals surface area contributed by atoms with Crippen molar-refractivity contribution < 1.29 is 49.0 Å². The summed E-state index contributed by atoms with van der Waals surface area (Å²) >= 11 is 1.55. The van der Waals surface area contributed by atoms with Gasteiger partial charge < -0.3 is 24.8 Å². The molecule has 0 aromatic heterocycles. The Morgan fingerprint density at radius 2 is 1.70 bits per heavy atom. The van der Waals surface area contributed by atoms with Gasteiger partial charge in [-0.05, 0) is 4.90 Å². The number of benzene rings is 1. The average Bonchev–Trinajstić information content (AvgIpc) is 2.90. The van der Waals surface area contributed by atoms with Crippen molar-refractivity contribution in [2.24, 2.45) is 0 Å². The third-order valence-corrected chi connectivity index (χ3v) is 4.25. The molecular weight excluding hydrogens is 386 g/mol. The molecule has 1 atom stereocenters. The second-order valence-corrected chi connectivity index (χ2v) is 8.44. The van der Waals surface area contributed by atoms with Gasteiger partial charge in [0.1, 0.15) is 0 Å². The van der Waals surface area contributed by atoms with Crippen molar-refractivity contribution >= 4 is 19.1 Å². The van der Waals surface area contributed by atoms with Gasteiger partial charge in [0.15, 0.2) is 0 Å². The zero-order chi connectivity index (χ0) is 13.0. The maximum Gasteiger partial charge on any atom is -0.0125 e. The number of allylic oxidation sites excluding steroid dienone is 5. The van der Waals surface area contributed by atoms with E-state index in [0.29, 0.717) is 0 Å². The van der Waals surface area contributed by atoms with Gasteiger partial charge in [0.2, 0.25) is 0 Å². The van der Waals surface area contributed by atoms with E-state index in [1.807, 2.05) is 0 Å². The molecule has 0 bridgehead atoms. The molecular formula is C16H15Cl2SZr-. The van der Waals surface area contributed by atoms with Gasteiger partial charge in [-0.3, -0.25) is 0 Å². The van der Waals surface area contributed by atoms with Crippen LogP contribution in [0.15, 0.2) is 70.0 Å². The fourth-order valence-electron chi connectivity index (χ4n) is 1.66. The molecule has 0 N–H and O–H groups in total. The molecule has 104 valence electrons. The topological polar surface area (TPSA) is 0 Å². The predicted octanol–water partition coefficient (Wildman–Crippen LogP) is -1.86. The molecule has 0 saturated heterocycles. The van der Waals surface area contributed by atoms with E-state index in [1.165, 1.54) is 18.6 Å². The largest absolute Gasteiger partial charge is 1.00 e. The summed E-state index contributed by atoms with van der Waals surface area (Å²) < 4.78 is 1.51. The fraction of sp³-hybridized carbons (Fsp3) is 0.125. The summed E-state index contributed by atoms with van der Waals surface area (Å²) in [5.74, 6) is 0. The predicted molar refractivity (Wildman–Crippen MR) is 79.0 cm³/mol. The van der Waals surface area contributed by atoms with Crippen molar-refractivity contribution in [1.82, 2.24) is 0 Å². The minimum atomic E-state index is 0. The number of hydrogen-bond donors (Lipinski definition) is 0. The number of hydrogen-bond acceptors (Lipinski definition) is 0. The first-order valence-electron chi connectivity index (χ1n) is 5.84. The van der Waals surface area contributed by atoms with Crippen molar-refractivity contribution in [3.63, 3.8) is 0 Å².